The van der Waals surface area contributed by atoms with Crippen molar-refractivity contribution in [1.82, 2.24) is 0 Å². The topological polar surface area (TPSA) is 46.5 Å². The van der Waals surface area contributed by atoms with E-state index in [0.717, 1.165) is 21.7 Å². The highest BCUT2D eigenvalue weighted by Crippen LogP contribution is 2.31. The van der Waals surface area contributed by atoms with Gasteiger partial charge in [-0.3, -0.25) is 0 Å². The van der Waals surface area contributed by atoms with Crippen LogP contribution in [0, 0.1) is 6.92 Å². The van der Waals surface area contributed by atoms with E-state index in [1.165, 1.54) is 6.08 Å². The molecule has 0 bridgehead atoms. The number of carboxylic acid groups (broad SMARTS) is 1. The van der Waals surface area contributed by atoms with Crippen molar-refractivity contribution >= 4 is 28.0 Å². The third kappa shape index (κ3) is 3.09. The zero-order valence-corrected chi connectivity index (χ0v) is 10.0. The summed E-state index contributed by atoms with van der Waals surface area (Å²) in [5.74, 6) is -0.340. The Kier molecular flexibility index (Phi) is 3.91. The van der Waals surface area contributed by atoms with Gasteiger partial charge in [-0.15, -0.1) is 0 Å². The van der Waals surface area contributed by atoms with Gasteiger partial charge >= 0.3 is 5.97 Å². The molecule has 0 fully saturated rings. The van der Waals surface area contributed by atoms with Gasteiger partial charge in [-0.05, 0) is 46.6 Å². The normalized spacial score (nSPS) is 10.6. The Morgan fingerprint density at radius 2 is 2.20 bits per heavy atom. The van der Waals surface area contributed by atoms with Crippen LogP contribution in [0.1, 0.15) is 11.1 Å². The fourth-order valence-electron chi connectivity index (χ4n) is 1.26. The number of carbonyl (C=O) groups is 1. The van der Waals surface area contributed by atoms with Crippen LogP contribution in [-0.2, 0) is 4.79 Å². The molecule has 0 saturated carbocycles. The minimum Gasteiger partial charge on any atom is -0.495 e. The molecular weight excluding hydrogens is 260 g/mol. The average molecular weight is 271 g/mol. The number of aryl methyl sites for hydroxylation is 1. The highest BCUT2D eigenvalue weighted by atomic mass is 79.9. The third-order valence-electron chi connectivity index (χ3n) is 1.83. The molecule has 0 aliphatic heterocycles. The standard InChI is InChI=1S/C11H11BrO3/c1-7-5-8(3-4-10(13)14)11(15-2)9(12)6-7/h3-6H,1-2H3,(H,13,14)/b4-3+. The van der Waals surface area contributed by atoms with Gasteiger partial charge in [0.15, 0.2) is 0 Å². The summed E-state index contributed by atoms with van der Waals surface area (Å²) in [5.41, 5.74) is 1.78. The molecule has 0 spiro atoms. The van der Waals surface area contributed by atoms with Crippen LogP contribution in [-0.4, -0.2) is 18.2 Å². The predicted octanol–water partition coefficient (Wildman–Crippen LogP) is 2.86. The second-order valence-corrected chi connectivity index (χ2v) is 3.90. The van der Waals surface area contributed by atoms with Crippen LogP contribution in [0.25, 0.3) is 6.08 Å². The third-order valence-corrected chi connectivity index (χ3v) is 2.42. The molecule has 0 aliphatic rings. The van der Waals surface area contributed by atoms with Crippen molar-refractivity contribution in [1.29, 1.82) is 0 Å². The van der Waals surface area contributed by atoms with Gasteiger partial charge in [0.05, 0.1) is 11.6 Å². The smallest absolute Gasteiger partial charge is 0.328 e. The van der Waals surface area contributed by atoms with Crippen molar-refractivity contribution in [3.8, 4) is 5.75 Å². The van der Waals surface area contributed by atoms with E-state index in [-0.39, 0.29) is 0 Å². The Morgan fingerprint density at radius 1 is 1.53 bits per heavy atom. The molecule has 0 aliphatic carbocycles. The molecule has 0 saturated heterocycles. The van der Waals surface area contributed by atoms with Crippen LogP contribution in [0.15, 0.2) is 22.7 Å². The fourth-order valence-corrected chi connectivity index (χ4v) is 2.01. The highest BCUT2D eigenvalue weighted by Gasteiger charge is 2.06. The lowest BCUT2D eigenvalue weighted by atomic mass is 10.1. The molecule has 80 valence electrons. The molecule has 3 nitrogen and oxygen atoms in total. The molecule has 0 radical (unpaired) electrons. The molecule has 1 aromatic carbocycles. The number of hydrogen-bond acceptors (Lipinski definition) is 2. The van der Waals surface area contributed by atoms with E-state index in [0.29, 0.717) is 5.75 Å². The SMILES string of the molecule is COc1c(Br)cc(C)cc1/C=C/C(=O)O. The summed E-state index contributed by atoms with van der Waals surface area (Å²) < 4.78 is 5.99. The van der Waals surface area contributed by atoms with Crippen LogP contribution >= 0.6 is 15.9 Å². The number of hydrogen-bond donors (Lipinski definition) is 1. The van der Waals surface area contributed by atoms with E-state index in [9.17, 15) is 4.79 Å². The van der Waals surface area contributed by atoms with E-state index in [2.05, 4.69) is 15.9 Å². The molecule has 0 amide bonds. The first kappa shape index (κ1) is 11.8. The number of benzene rings is 1. The maximum atomic E-state index is 10.4. The minimum absolute atomic E-state index is 0.637. The monoisotopic (exact) mass is 270 g/mol. The number of halogens is 1. The molecular formula is C11H11BrO3. The minimum atomic E-state index is -0.977. The van der Waals surface area contributed by atoms with E-state index in [4.69, 9.17) is 9.84 Å². The summed E-state index contributed by atoms with van der Waals surface area (Å²) >= 11 is 3.36. The van der Waals surface area contributed by atoms with Gasteiger partial charge in [-0.25, -0.2) is 4.79 Å². The van der Waals surface area contributed by atoms with Gasteiger partial charge in [0.1, 0.15) is 5.75 Å². The summed E-state index contributed by atoms with van der Waals surface area (Å²) in [5, 5.41) is 8.54. The van der Waals surface area contributed by atoms with E-state index in [1.54, 1.807) is 7.11 Å². The van der Waals surface area contributed by atoms with Crippen molar-refractivity contribution in [2.24, 2.45) is 0 Å². The van der Waals surface area contributed by atoms with Crippen LogP contribution in [0.5, 0.6) is 5.75 Å². The summed E-state index contributed by atoms with van der Waals surface area (Å²) in [4.78, 5) is 10.4. The second kappa shape index (κ2) is 4.98. The number of rotatable bonds is 3. The van der Waals surface area contributed by atoms with Gasteiger partial charge in [-0.2, -0.15) is 0 Å². The summed E-state index contributed by atoms with van der Waals surface area (Å²) in [6, 6.07) is 3.78. The van der Waals surface area contributed by atoms with Crippen molar-refractivity contribution in [2.75, 3.05) is 7.11 Å². The molecule has 0 atom stereocenters. The van der Waals surface area contributed by atoms with Gasteiger partial charge in [0.25, 0.3) is 0 Å². The van der Waals surface area contributed by atoms with Gasteiger partial charge in [0.2, 0.25) is 0 Å². The van der Waals surface area contributed by atoms with Crippen LogP contribution in [0.3, 0.4) is 0 Å². The van der Waals surface area contributed by atoms with Gasteiger partial charge in [-0.1, -0.05) is 0 Å². The molecule has 0 unspecified atom stereocenters. The molecule has 0 aromatic heterocycles. The lowest BCUT2D eigenvalue weighted by molar-refractivity contribution is -0.131. The largest absolute Gasteiger partial charge is 0.495 e. The quantitative estimate of drug-likeness (QED) is 0.860. The van der Waals surface area contributed by atoms with Gasteiger partial charge < -0.3 is 9.84 Å². The van der Waals surface area contributed by atoms with Crippen LogP contribution < -0.4 is 4.74 Å². The summed E-state index contributed by atoms with van der Waals surface area (Å²) in [6.45, 7) is 1.93. The van der Waals surface area contributed by atoms with Crippen molar-refractivity contribution in [3.63, 3.8) is 0 Å². The van der Waals surface area contributed by atoms with Crippen molar-refractivity contribution < 1.29 is 14.6 Å². The Balaban J connectivity index is 3.20. The predicted molar refractivity (Wildman–Crippen MR) is 62.1 cm³/mol. The van der Waals surface area contributed by atoms with Crippen LogP contribution in [0.2, 0.25) is 0 Å². The maximum absolute atomic E-state index is 10.4. The summed E-state index contributed by atoms with van der Waals surface area (Å²) in [6.07, 6.45) is 2.60. The first-order valence-corrected chi connectivity index (χ1v) is 5.09. The Bertz CT molecular complexity index is 411. The van der Waals surface area contributed by atoms with Crippen molar-refractivity contribution in [3.05, 3.63) is 33.8 Å². The lowest BCUT2D eigenvalue weighted by Crippen LogP contribution is -1.91. The molecule has 0 heterocycles. The second-order valence-electron chi connectivity index (χ2n) is 3.04. The van der Waals surface area contributed by atoms with E-state index >= 15 is 0 Å². The highest BCUT2D eigenvalue weighted by molar-refractivity contribution is 9.10. The van der Waals surface area contributed by atoms with Crippen molar-refractivity contribution in [2.45, 2.75) is 6.92 Å². The lowest BCUT2D eigenvalue weighted by Gasteiger charge is -2.08. The zero-order valence-electron chi connectivity index (χ0n) is 8.45. The molecule has 1 N–H and O–H groups in total. The number of ether oxygens (including phenoxy) is 1. The van der Waals surface area contributed by atoms with Crippen LogP contribution in [0.4, 0.5) is 0 Å². The zero-order chi connectivity index (χ0) is 11.4. The molecule has 4 heteroatoms. The molecule has 15 heavy (non-hydrogen) atoms. The fraction of sp³-hybridized carbons (Fsp3) is 0.182. The Morgan fingerprint density at radius 3 is 2.73 bits per heavy atom. The molecule has 1 aromatic rings. The Hall–Kier alpha value is -1.29. The molecule has 1 rings (SSSR count). The number of methoxy groups -OCH3 is 1. The summed E-state index contributed by atoms with van der Waals surface area (Å²) in [7, 11) is 1.55. The van der Waals surface area contributed by atoms with E-state index < -0.39 is 5.97 Å². The van der Waals surface area contributed by atoms with Gasteiger partial charge in [0, 0.05) is 11.6 Å². The number of carboxylic acids is 1. The number of aliphatic carboxylic acids is 1. The average Bonchev–Trinajstić information content (AvgIpc) is 2.13. The Labute approximate surface area is 96.5 Å². The first-order valence-electron chi connectivity index (χ1n) is 4.29. The first-order chi connectivity index (χ1) is 7.04. The van der Waals surface area contributed by atoms with E-state index in [1.807, 2.05) is 19.1 Å². The maximum Gasteiger partial charge on any atom is 0.328 e.